The van der Waals surface area contributed by atoms with Gasteiger partial charge in [-0.2, -0.15) is 0 Å². The van der Waals surface area contributed by atoms with Gasteiger partial charge in [0, 0.05) is 6.54 Å². The van der Waals surface area contributed by atoms with Crippen molar-refractivity contribution in [3.63, 3.8) is 0 Å². The van der Waals surface area contributed by atoms with Crippen molar-refractivity contribution in [2.24, 2.45) is 5.92 Å². The zero-order valence-electron chi connectivity index (χ0n) is 10.7. The lowest BCUT2D eigenvalue weighted by atomic mass is 10.1. The van der Waals surface area contributed by atoms with E-state index in [1.807, 2.05) is 30.3 Å². The summed E-state index contributed by atoms with van der Waals surface area (Å²) in [6, 6.07) is 9.34. The number of amides is 1. The van der Waals surface area contributed by atoms with Crippen molar-refractivity contribution in [3.05, 3.63) is 35.9 Å². The topological polar surface area (TPSA) is 63.7 Å². The molecule has 1 fully saturated rings. The van der Waals surface area contributed by atoms with E-state index in [4.69, 9.17) is 4.74 Å². The molecule has 100 valence electrons. The van der Waals surface area contributed by atoms with Gasteiger partial charge in [-0.15, -0.1) is 0 Å². The molecule has 1 aromatic carbocycles. The van der Waals surface area contributed by atoms with E-state index in [2.05, 4.69) is 0 Å². The molecule has 0 saturated carbocycles. The van der Waals surface area contributed by atoms with Gasteiger partial charge in [0.1, 0.15) is 0 Å². The summed E-state index contributed by atoms with van der Waals surface area (Å²) in [5.74, 6) is -2.87. The van der Waals surface area contributed by atoms with Crippen LogP contribution in [-0.2, 0) is 25.7 Å². The van der Waals surface area contributed by atoms with E-state index in [1.54, 1.807) is 6.92 Å². The van der Waals surface area contributed by atoms with Crippen LogP contribution >= 0.6 is 0 Å². The number of esters is 1. The monoisotopic (exact) mass is 261 g/mol. The largest absolute Gasteiger partial charge is 0.465 e. The molecule has 1 aliphatic rings. The number of benzene rings is 1. The van der Waals surface area contributed by atoms with Gasteiger partial charge in [-0.1, -0.05) is 30.3 Å². The van der Waals surface area contributed by atoms with Crippen molar-refractivity contribution in [1.82, 2.24) is 4.90 Å². The van der Waals surface area contributed by atoms with Gasteiger partial charge in [0.25, 0.3) is 0 Å². The zero-order valence-corrected chi connectivity index (χ0v) is 10.7. The predicted molar refractivity (Wildman–Crippen MR) is 67.0 cm³/mol. The minimum absolute atomic E-state index is 0.0305. The predicted octanol–water partition coefficient (Wildman–Crippen LogP) is 0.777. The molecule has 0 aliphatic carbocycles. The average Bonchev–Trinajstić information content (AvgIpc) is 2.66. The summed E-state index contributed by atoms with van der Waals surface area (Å²) in [5, 5.41) is 0. The number of carbonyl (C=O) groups excluding carboxylic acids is 3. The highest BCUT2D eigenvalue weighted by Gasteiger charge is 2.44. The van der Waals surface area contributed by atoms with E-state index in [9.17, 15) is 14.4 Å². The minimum atomic E-state index is -1.27. The summed E-state index contributed by atoms with van der Waals surface area (Å²) in [4.78, 5) is 36.7. The lowest BCUT2D eigenvalue weighted by Gasteiger charge is -2.15. The second-order valence-electron chi connectivity index (χ2n) is 4.33. The molecule has 1 atom stereocenters. The molecule has 1 aromatic rings. The van der Waals surface area contributed by atoms with Crippen LogP contribution in [-0.4, -0.2) is 35.7 Å². The molecule has 1 aliphatic heterocycles. The molecule has 1 heterocycles. The van der Waals surface area contributed by atoms with Crippen molar-refractivity contribution in [2.75, 3.05) is 13.2 Å². The van der Waals surface area contributed by atoms with Crippen LogP contribution in [0.4, 0.5) is 0 Å². The quantitative estimate of drug-likeness (QED) is 0.593. The number of carbonyl (C=O) groups is 3. The first-order valence-electron chi connectivity index (χ1n) is 6.15. The van der Waals surface area contributed by atoms with Crippen molar-refractivity contribution >= 4 is 17.7 Å². The van der Waals surface area contributed by atoms with E-state index < -0.39 is 17.8 Å². The molecule has 5 nitrogen and oxygen atoms in total. The van der Waals surface area contributed by atoms with Crippen LogP contribution in [0.2, 0.25) is 0 Å². The zero-order chi connectivity index (χ0) is 13.8. The van der Waals surface area contributed by atoms with Crippen molar-refractivity contribution in [1.29, 1.82) is 0 Å². The Bertz CT molecular complexity index is 497. The number of Topliss-reactive ketones (excluding diaryl/α,β-unsaturated/α-hetero) is 1. The molecular formula is C14H15NO4. The summed E-state index contributed by atoms with van der Waals surface area (Å²) in [6.07, 6.45) is 0. The Labute approximate surface area is 111 Å². The van der Waals surface area contributed by atoms with Gasteiger partial charge in [0.2, 0.25) is 5.91 Å². The fraction of sp³-hybridized carbons (Fsp3) is 0.357. The molecule has 0 N–H and O–H groups in total. The van der Waals surface area contributed by atoms with Crippen molar-refractivity contribution < 1.29 is 19.1 Å². The third-order valence-corrected chi connectivity index (χ3v) is 2.97. The van der Waals surface area contributed by atoms with Gasteiger partial charge >= 0.3 is 5.97 Å². The van der Waals surface area contributed by atoms with Gasteiger partial charge in [-0.05, 0) is 12.5 Å². The summed E-state index contributed by atoms with van der Waals surface area (Å²) in [6.45, 7) is 2.11. The van der Waals surface area contributed by atoms with Gasteiger partial charge in [-0.3, -0.25) is 14.4 Å². The first-order chi connectivity index (χ1) is 9.13. The second-order valence-corrected chi connectivity index (χ2v) is 4.33. The second kappa shape index (κ2) is 5.65. The number of nitrogens with zero attached hydrogens (tertiary/aromatic N) is 1. The highest BCUT2D eigenvalue weighted by molar-refractivity contribution is 6.21. The van der Waals surface area contributed by atoms with Crippen molar-refractivity contribution in [2.45, 2.75) is 13.5 Å². The standard InChI is InChI=1S/C14H15NO4/c1-2-19-14(18)12-11(16)9-15(13(12)17)8-10-6-4-3-5-7-10/h3-7,12H,2,8-9H2,1H3. The van der Waals surface area contributed by atoms with Crippen LogP contribution in [0.3, 0.4) is 0 Å². The molecule has 1 unspecified atom stereocenters. The smallest absolute Gasteiger partial charge is 0.326 e. The van der Waals surface area contributed by atoms with Crippen LogP contribution in [0.1, 0.15) is 12.5 Å². The highest BCUT2D eigenvalue weighted by Crippen LogP contribution is 2.19. The third-order valence-electron chi connectivity index (χ3n) is 2.97. The summed E-state index contributed by atoms with van der Waals surface area (Å²) >= 11 is 0. The van der Waals surface area contributed by atoms with E-state index in [0.29, 0.717) is 6.54 Å². The molecule has 19 heavy (non-hydrogen) atoms. The van der Waals surface area contributed by atoms with Crippen LogP contribution in [0.15, 0.2) is 30.3 Å². The Morgan fingerprint density at radius 3 is 2.63 bits per heavy atom. The Morgan fingerprint density at radius 2 is 2.00 bits per heavy atom. The number of likely N-dealkylation sites (tertiary alicyclic amines) is 1. The SMILES string of the molecule is CCOC(=O)C1C(=O)CN(Cc2ccccc2)C1=O. The lowest BCUT2D eigenvalue weighted by molar-refractivity contribution is -0.154. The Hall–Kier alpha value is -2.17. The fourth-order valence-electron chi connectivity index (χ4n) is 2.07. The molecule has 0 spiro atoms. The number of ether oxygens (including phenoxy) is 1. The summed E-state index contributed by atoms with van der Waals surface area (Å²) in [7, 11) is 0. The maximum absolute atomic E-state index is 12.0. The van der Waals surface area contributed by atoms with E-state index in [0.717, 1.165) is 5.56 Å². The molecule has 1 saturated heterocycles. The maximum Gasteiger partial charge on any atom is 0.326 e. The Kier molecular flexibility index (Phi) is 3.94. The third kappa shape index (κ3) is 2.81. The minimum Gasteiger partial charge on any atom is -0.465 e. The molecule has 2 rings (SSSR count). The number of hydrogen-bond donors (Lipinski definition) is 0. The number of rotatable bonds is 4. The normalized spacial score (nSPS) is 18.8. The Balaban J connectivity index is 2.08. The van der Waals surface area contributed by atoms with Gasteiger partial charge in [0.05, 0.1) is 13.2 Å². The molecule has 5 heteroatoms. The summed E-state index contributed by atoms with van der Waals surface area (Å²) in [5.41, 5.74) is 0.924. The maximum atomic E-state index is 12.0. The molecular weight excluding hydrogens is 246 g/mol. The Morgan fingerprint density at radius 1 is 1.32 bits per heavy atom. The van der Waals surface area contributed by atoms with E-state index >= 15 is 0 Å². The molecule has 0 bridgehead atoms. The van der Waals surface area contributed by atoms with E-state index in [-0.39, 0.29) is 18.9 Å². The van der Waals surface area contributed by atoms with Crippen LogP contribution in [0.5, 0.6) is 0 Å². The first-order valence-corrected chi connectivity index (χ1v) is 6.15. The molecule has 1 amide bonds. The fourth-order valence-corrected chi connectivity index (χ4v) is 2.07. The number of ketones is 1. The van der Waals surface area contributed by atoms with Crippen LogP contribution < -0.4 is 0 Å². The van der Waals surface area contributed by atoms with Crippen molar-refractivity contribution in [3.8, 4) is 0 Å². The van der Waals surface area contributed by atoms with Crippen LogP contribution in [0, 0.1) is 5.92 Å². The van der Waals surface area contributed by atoms with Gasteiger partial charge in [-0.25, -0.2) is 0 Å². The number of hydrogen-bond acceptors (Lipinski definition) is 4. The summed E-state index contributed by atoms with van der Waals surface area (Å²) < 4.78 is 4.76. The van der Waals surface area contributed by atoms with E-state index in [1.165, 1.54) is 4.90 Å². The first kappa shape index (κ1) is 13.3. The van der Waals surface area contributed by atoms with Gasteiger partial charge < -0.3 is 9.64 Å². The average molecular weight is 261 g/mol. The lowest BCUT2D eigenvalue weighted by Crippen LogP contribution is -2.31. The molecule has 0 radical (unpaired) electrons. The molecule has 0 aromatic heterocycles. The van der Waals surface area contributed by atoms with Gasteiger partial charge in [0.15, 0.2) is 11.7 Å². The van der Waals surface area contributed by atoms with Crippen LogP contribution in [0.25, 0.3) is 0 Å². The highest BCUT2D eigenvalue weighted by atomic mass is 16.5.